The molecule has 0 aromatic heterocycles. The summed E-state index contributed by atoms with van der Waals surface area (Å²) in [6.45, 7) is 20.7. The van der Waals surface area contributed by atoms with Gasteiger partial charge in [0.2, 0.25) is 0 Å². The number of rotatable bonds is 11. The average Bonchev–Trinajstić information content (AvgIpc) is 2.63. The molecule has 5 nitrogen and oxygen atoms in total. The summed E-state index contributed by atoms with van der Waals surface area (Å²) in [7, 11) is 3.45. The zero-order chi connectivity index (χ0) is 19.8. The molecule has 1 saturated heterocycles. The van der Waals surface area contributed by atoms with Gasteiger partial charge < -0.3 is 18.9 Å². The predicted molar refractivity (Wildman–Crippen MR) is 109 cm³/mol. The molecule has 0 bridgehead atoms. The first-order valence-corrected chi connectivity index (χ1v) is 10.1. The van der Waals surface area contributed by atoms with E-state index in [9.17, 15) is 0 Å². The van der Waals surface area contributed by atoms with Crippen molar-refractivity contribution in [2.75, 3.05) is 73.5 Å². The molecule has 0 amide bonds. The van der Waals surface area contributed by atoms with E-state index in [1.54, 1.807) is 14.2 Å². The molecule has 0 spiro atoms. The van der Waals surface area contributed by atoms with E-state index in [4.69, 9.17) is 18.9 Å². The molecule has 0 aromatic carbocycles. The largest absolute Gasteiger partial charge is 0.384 e. The van der Waals surface area contributed by atoms with Gasteiger partial charge in [0.05, 0.1) is 33.0 Å². The van der Waals surface area contributed by atoms with Crippen molar-refractivity contribution in [3.63, 3.8) is 0 Å². The molecular weight excluding hydrogens is 318 g/mol. The van der Waals surface area contributed by atoms with Crippen molar-refractivity contribution in [2.24, 2.45) is 5.92 Å². The van der Waals surface area contributed by atoms with Crippen LogP contribution in [0.3, 0.4) is 0 Å². The molecule has 0 unspecified atom stereocenters. The first-order valence-electron chi connectivity index (χ1n) is 10.1. The van der Waals surface area contributed by atoms with E-state index < -0.39 is 0 Å². The highest BCUT2D eigenvalue weighted by Crippen LogP contribution is 2.08. The highest BCUT2D eigenvalue weighted by Gasteiger charge is 2.16. The zero-order valence-corrected chi connectivity index (χ0v) is 18.4. The minimum absolute atomic E-state index is 0.685. The van der Waals surface area contributed by atoms with Crippen LogP contribution in [0.4, 0.5) is 0 Å². The Labute approximate surface area is 158 Å². The summed E-state index contributed by atoms with van der Waals surface area (Å²) >= 11 is 0. The summed E-state index contributed by atoms with van der Waals surface area (Å²) in [5, 5.41) is 0. The molecule has 0 saturated carbocycles. The molecule has 0 atom stereocenters. The summed E-state index contributed by atoms with van der Waals surface area (Å²) in [6.07, 6.45) is 2.64. The van der Waals surface area contributed by atoms with Crippen LogP contribution in [0.15, 0.2) is 0 Å². The monoisotopic (exact) mass is 365 g/mol. The minimum atomic E-state index is 0.685. The molecule has 1 heterocycles. The summed E-state index contributed by atoms with van der Waals surface area (Å²) in [5.74, 6) is 0.685. The summed E-state index contributed by atoms with van der Waals surface area (Å²) in [5.41, 5.74) is 0. The van der Waals surface area contributed by atoms with E-state index in [0.717, 1.165) is 59.3 Å². The van der Waals surface area contributed by atoms with Crippen molar-refractivity contribution in [1.29, 1.82) is 0 Å². The second-order valence-electron chi connectivity index (χ2n) is 5.48. The van der Waals surface area contributed by atoms with Crippen LogP contribution in [-0.2, 0) is 18.9 Å². The van der Waals surface area contributed by atoms with E-state index in [0.29, 0.717) is 5.92 Å². The Morgan fingerprint density at radius 3 is 1.72 bits per heavy atom. The van der Waals surface area contributed by atoms with Crippen LogP contribution in [-0.4, -0.2) is 78.4 Å². The van der Waals surface area contributed by atoms with Crippen LogP contribution in [0.1, 0.15) is 54.4 Å². The Balaban J connectivity index is -0.000000313. The van der Waals surface area contributed by atoms with E-state index in [1.807, 2.05) is 20.8 Å². The lowest BCUT2D eigenvalue weighted by atomic mass is 10.1. The van der Waals surface area contributed by atoms with Gasteiger partial charge in [0.25, 0.3) is 0 Å². The quantitative estimate of drug-likeness (QED) is 0.516. The highest BCUT2D eigenvalue weighted by molar-refractivity contribution is 4.62. The first kappa shape index (κ1) is 29.6. The Bertz CT molecular complexity index is 200. The third-order valence-corrected chi connectivity index (χ3v) is 3.42. The third kappa shape index (κ3) is 26.1. The fourth-order valence-electron chi connectivity index (χ4n) is 1.60. The van der Waals surface area contributed by atoms with Crippen molar-refractivity contribution in [1.82, 2.24) is 4.90 Å². The molecule has 5 heteroatoms. The van der Waals surface area contributed by atoms with Crippen molar-refractivity contribution in [2.45, 2.75) is 54.4 Å². The van der Waals surface area contributed by atoms with Gasteiger partial charge in [-0.2, -0.15) is 0 Å². The molecule has 1 fully saturated rings. The standard InChI is InChI=1S/C9H21NO2.C5H10O2.C4H10.C2H6/c1-4-10(6-8-11-3)7-9-12-5-2;1-6-2-5-3-7-4-5;1-3-4-2;1-2/h4-9H2,1-3H3;5H,2-4H2,1H3;3-4H2,1-2H3;1-2H3. The number of nitrogens with zero attached hydrogens (tertiary/aromatic N) is 1. The molecule has 0 aromatic rings. The van der Waals surface area contributed by atoms with Crippen LogP contribution in [0.2, 0.25) is 0 Å². The summed E-state index contributed by atoms with van der Waals surface area (Å²) < 4.78 is 20.0. The second-order valence-corrected chi connectivity index (χ2v) is 5.48. The summed E-state index contributed by atoms with van der Waals surface area (Å²) in [6, 6.07) is 0. The number of methoxy groups -OCH3 is 2. The predicted octanol–water partition coefficient (Wildman–Crippen LogP) is 4.10. The maximum Gasteiger partial charge on any atom is 0.0593 e. The van der Waals surface area contributed by atoms with Gasteiger partial charge in [0.15, 0.2) is 0 Å². The molecule has 0 N–H and O–H groups in total. The van der Waals surface area contributed by atoms with Crippen molar-refractivity contribution >= 4 is 0 Å². The Kier molecular flexibility index (Phi) is 33.8. The van der Waals surface area contributed by atoms with Crippen LogP contribution < -0.4 is 0 Å². The van der Waals surface area contributed by atoms with Crippen LogP contribution in [0.25, 0.3) is 0 Å². The van der Waals surface area contributed by atoms with E-state index in [2.05, 4.69) is 25.7 Å². The van der Waals surface area contributed by atoms with Gasteiger partial charge in [0.1, 0.15) is 0 Å². The van der Waals surface area contributed by atoms with Crippen LogP contribution >= 0.6 is 0 Å². The Morgan fingerprint density at radius 2 is 1.44 bits per heavy atom. The molecule has 0 aliphatic carbocycles. The molecule has 1 aliphatic heterocycles. The minimum Gasteiger partial charge on any atom is -0.384 e. The molecule has 25 heavy (non-hydrogen) atoms. The lowest BCUT2D eigenvalue weighted by molar-refractivity contribution is -0.0635. The van der Waals surface area contributed by atoms with Gasteiger partial charge in [-0.25, -0.2) is 0 Å². The fraction of sp³-hybridized carbons (Fsp3) is 1.00. The highest BCUT2D eigenvalue weighted by atomic mass is 16.5. The van der Waals surface area contributed by atoms with Crippen molar-refractivity contribution < 1.29 is 18.9 Å². The zero-order valence-electron chi connectivity index (χ0n) is 18.4. The van der Waals surface area contributed by atoms with Crippen molar-refractivity contribution in [3.8, 4) is 0 Å². The van der Waals surface area contributed by atoms with Crippen LogP contribution in [0, 0.1) is 5.92 Å². The van der Waals surface area contributed by atoms with Gasteiger partial charge in [-0.05, 0) is 13.5 Å². The maximum atomic E-state index is 5.26. The van der Waals surface area contributed by atoms with Crippen molar-refractivity contribution in [3.05, 3.63) is 0 Å². The molecule has 0 radical (unpaired) electrons. The Morgan fingerprint density at radius 1 is 0.880 bits per heavy atom. The van der Waals surface area contributed by atoms with E-state index >= 15 is 0 Å². The summed E-state index contributed by atoms with van der Waals surface area (Å²) in [4.78, 5) is 2.32. The topological polar surface area (TPSA) is 40.2 Å². The first-order chi connectivity index (χ1) is 12.2. The molecular formula is C20H47NO4. The van der Waals surface area contributed by atoms with E-state index in [1.165, 1.54) is 12.8 Å². The van der Waals surface area contributed by atoms with Crippen LogP contribution in [0.5, 0.6) is 0 Å². The lowest BCUT2D eigenvalue weighted by Gasteiger charge is -2.24. The maximum absolute atomic E-state index is 5.26. The Hall–Kier alpha value is -0.200. The van der Waals surface area contributed by atoms with Gasteiger partial charge in [-0.3, -0.25) is 4.90 Å². The third-order valence-electron chi connectivity index (χ3n) is 3.42. The van der Waals surface area contributed by atoms with E-state index in [-0.39, 0.29) is 0 Å². The number of hydrogen-bond acceptors (Lipinski definition) is 5. The average molecular weight is 366 g/mol. The second kappa shape index (κ2) is 28.6. The number of hydrogen-bond donors (Lipinski definition) is 0. The normalized spacial score (nSPS) is 12.8. The lowest BCUT2D eigenvalue weighted by Crippen LogP contribution is -2.30. The molecule has 1 aliphatic rings. The number of unbranched alkanes of at least 4 members (excludes halogenated alkanes) is 1. The number of likely N-dealkylation sites (N-methyl/N-ethyl adjacent to an activating group) is 1. The SMILES string of the molecule is CC.CCCC.CCOCCN(CC)CCOC.COCC1COC1. The number of ether oxygens (including phenoxy) is 4. The van der Waals surface area contributed by atoms with Gasteiger partial charge in [0, 0.05) is 39.8 Å². The van der Waals surface area contributed by atoms with Gasteiger partial charge >= 0.3 is 0 Å². The molecule has 156 valence electrons. The smallest absolute Gasteiger partial charge is 0.0593 e. The van der Waals surface area contributed by atoms with Gasteiger partial charge in [-0.15, -0.1) is 0 Å². The fourth-order valence-corrected chi connectivity index (χ4v) is 1.60. The molecule has 1 rings (SSSR count). The van der Waals surface area contributed by atoms with Gasteiger partial charge in [-0.1, -0.05) is 47.5 Å².